The summed E-state index contributed by atoms with van der Waals surface area (Å²) in [4.78, 5) is 10.7. The van der Waals surface area contributed by atoms with Gasteiger partial charge >= 0.3 is 5.97 Å². The zero-order chi connectivity index (χ0) is 19.4. The van der Waals surface area contributed by atoms with Gasteiger partial charge in [-0.2, -0.15) is 0 Å². The van der Waals surface area contributed by atoms with Crippen molar-refractivity contribution in [3.05, 3.63) is 57.3 Å². The minimum absolute atomic E-state index is 0.0140. The van der Waals surface area contributed by atoms with Crippen LogP contribution in [0, 0.1) is 5.82 Å². The van der Waals surface area contributed by atoms with E-state index in [9.17, 15) is 9.18 Å². The zero-order valence-electron chi connectivity index (χ0n) is 14.6. The van der Waals surface area contributed by atoms with Crippen LogP contribution in [0.2, 0.25) is 10.0 Å². The molecular weight excluding hydrogens is 392 g/mol. The first-order valence-corrected chi connectivity index (χ1v) is 9.56. The molecule has 0 unspecified atom stereocenters. The van der Waals surface area contributed by atoms with E-state index in [1.807, 2.05) is 0 Å². The number of anilines is 1. The van der Waals surface area contributed by atoms with Gasteiger partial charge in [-0.25, -0.2) is 4.39 Å². The van der Waals surface area contributed by atoms with Gasteiger partial charge in [0.05, 0.1) is 15.7 Å². The lowest BCUT2D eigenvalue weighted by Gasteiger charge is -2.28. The van der Waals surface area contributed by atoms with Gasteiger partial charge in [-0.3, -0.25) is 4.79 Å². The van der Waals surface area contributed by atoms with Gasteiger partial charge < -0.3 is 15.2 Å². The van der Waals surface area contributed by atoms with Crippen LogP contribution in [0.25, 0.3) is 0 Å². The molecule has 3 rings (SSSR count). The molecule has 0 bridgehead atoms. The highest BCUT2D eigenvalue weighted by Crippen LogP contribution is 2.35. The molecular formula is C20H20Cl2FNO3. The molecule has 0 spiro atoms. The van der Waals surface area contributed by atoms with Crippen molar-refractivity contribution in [1.29, 1.82) is 0 Å². The van der Waals surface area contributed by atoms with Gasteiger partial charge in [-0.15, -0.1) is 0 Å². The highest BCUT2D eigenvalue weighted by Gasteiger charge is 2.19. The monoisotopic (exact) mass is 411 g/mol. The fraction of sp³-hybridized carbons (Fsp3) is 0.350. The number of hydrogen-bond donors (Lipinski definition) is 2. The molecule has 0 atom stereocenters. The highest BCUT2D eigenvalue weighted by molar-refractivity contribution is 6.37. The van der Waals surface area contributed by atoms with Crippen molar-refractivity contribution >= 4 is 34.9 Å². The van der Waals surface area contributed by atoms with Crippen molar-refractivity contribution in [2.45, 2.75) is 44.8 Å². The Morgan fingerprint density at radius 1 is 1.26 bits per heavy atom. The third kappa shape index (κ3) is 5.05. The lowest BCUT2D eigenvalue weighted by atomic mass is 9.93. The molecule has 0 radical (unpaired) electrons. The summed E-state index contributed by atoms with van der Waals surface area (Å²) in [6.45, 7) is -0.0140. The van der Waals surface area contributed by atoms with Gasteiger partial charge in [0.1, 0.15) is 6.61 Å². The van der Waals surface area contributed by atoms with Gasteiger partial charge in [0.25, 0.3) is 0 Å². The van der Waals surface area contributed by atoms with E-state index >= 15 is 0 Å². The van der Waals surface area contributed by atoms with Crippen LogP contribution in [0.1, 0.15) is 36.8 Å². The van der Waals surface area contributed by atoms with Gasteiger partial charge in [0.15, 0.2) is 11.6 Å². The lowest BCUT2D eigenvalue weighted by Crippen LogP contribution is -2.27. The Labute approximate surface area is 167 Å². The predicted molar refractivity (Wildman–Crippen MR) is 104 cm³/mol. The Morgan fingerprint density at radius 3 is 2.56 bits per heavy atom. The normalized spacial score (nSPS) is 13.9. The summed E-state index contributed by atoms with van der Waals surface area (Å²) < 4.78 is 20.3. The van der Waals surface area contributed by atoms with Crippen LogP contribution >= 0.6 is 23.2 Å². The van der Waals surface area contributed by atoms with Crippen molar-refractivity contribution in [3.63, 3.8) is 0 Å². The topological polar surface area (TPSA) is 58.6 Å². The molecule has 0 aliphatic heterocycles. The molecule has 2 aromatic carbocycles. The van der Waals surface area contributed by atoms with E-state index in [1.54, 1.807) is 30.3 Å². The number of hydrogen-bond acceptors (Lipinski definition) is 3. The molecule has 0 saturated heterocycles. The minimum Gasteiger partial charge on any atom is -0.486 e. The first kappa shape index (κ1) is 19.8. The summed E-state index contributed by atoms with van der Waals surface area (Å²) in [5.41, 5.74) is 1.58. The highest BCUT2D eigenvalue weighted by atomic mass is 35.5. The molecule has 1 aliphatic carbocycles. The average Bonchev–Trinajstić information content (AvgIpc) is 2.57. The van der Waals surface area contributed by atoms with Crippen molar-refractivity contribution < 1.29 is 19.0 Å². The Kier molecular flexibility index (Phi) is 6.45. The number of benzene rings is 2. The molecule has 2 N–H and O–H groups in total. The molecule has 2 aromatic rings. The zero-order valence-corrected chi connectivity index (χ0v) is 16.1. The lowest BCUT2D eigenvalue weighted by molar-refractivity contribution is -0.136. The predicted octanol–water partition coefficient (Wildman–Crippen LogP) is 5.69. The number of carboxylic acids is 1. The molecule has 1 aliphatic rings. The Morgan fingerprint density at radius 2 is 1.96 bits per heavy atom. The van der Waals surface area contributed by atoms with Crippen LogP contribution in [0.3, 0.4) is 0 Å². The largest absolute Gasteiger partial charge is 0.486 e. The van der Waals surface area contributed by atoms with Crippen LogP contribution in [0.15, 0.2) is 30.3 Å². The van der Waals surface area contributed by atoms with Gasteiger partial charge in [-0.1, -0.05) is 35.3 Å². The van der Waals surface area contributed by atoms with Crippen molar-refractivity contribution in [1.82, 2.24) is 0 Å². The first-order valence-electron chi connectivity index (χ1n) is 8.80. The van der Waals surface area contributed by atoms with E-state index in [0.717, 1.165) is 12.8 Å². The second-order valence-corrected chi connectivity index (χ2v) is 7.44. The van der Waals surface area contributed by atoms with Crippen LogP contribution in [-0.4, -0.2) is 17.1 Å². The second-order valence-electron chi connectivity index (χ2n) is 6.62. The number of aliphatic carboxylic acids is 1. The summed E-state index contributed by atoms with van der Waals surface area (Å²) in [7, 11) is 0. The molecule has 144 valence electrons. The fourth-order valence-corrected chi connectivity index (χ4v) is 3.51. The number of ether oxygens (including phenoxy) is 1. The van der Waals surface area contributed by atoms with Gasteiger partial charge in [0.2, 0.25) is 0 Å². The number of nitrogens with one attached hydrogen (secondary N) is 1. The van der Waals surface area contributed by atoms with E-state index < -0.39 is 5.97 Å². The SMILES string of the molecule is O=C(O)CCc1cc(Cl)c(OCc2cccc(NC3CCC3)c2F)c(Cl)c1. The van der Waals surface area contributed by atoms with Crippen LogP contribution in [-0.2, 0) is 17.8 Å². The van der Waals surface area contributed by atoms with Gasteiger partial charge in [0, 0.05) is 18.0 Å². The third-order valence-corrected chi connectivity index (χ3v) is 5.16. The van der Waals surface area contributed by atoms with Gasteiger partial charge in [-0.05, 0) is 49.4 Å². The Bertz CT molecular complexity index is 817. The second kappa shape index (κ2) is 8.81. The van der Waals surface area contributed by atoms with E-state index in [4.69, 9.17) is 33.0 Å². The molecule has 27 heavy (non-hydrogen) atoms. The van der Waals surface area contributed by atoms with Crippen molar-refractivity contribution in [2.24, 2.45) is 0 Å². The third-order valence-electron chi connectivity index (χ3n) is 4.60. The average molecular weight is 412 g/mol. The summed E-state index contributed by atoms with van der Waals surface area (Å²) in [5.74, 6) is -0.975. The molecule has 1 fully saturated rings. The molecule has 0 amide bonds. The molecule has 0 aromatic heterocycles. The number of halogens is 3. The van der Waals surface area contributed by atoms with E-state index in [1.165, 1.54) is 6.42 Å². The summed E-state index contributed by atoms with van der Waals surface area (Å²) >= 11 is 12.4. The van der Waals surface area contributed by atoms with E-state index in [2.05, 4.69) is 5.32 Å². The van der Waals surface area contributed by atoms with Crippen LogP contribution in [0.5, 0.6) is 5.75 Å². The number of aryl methyl sites for hydroxylation is 1. The summed E-state index contributed by atoms with van der Waals surface area (Å²) in [6.07, 6.45) is 3.58. The first-order chi connectivity index (χ1) is 12.9. The molecule has 7 heteroatoms. The maximum absolute atomic E-state index is 14.7. The van der Waals surface area contributed by atoms with Crippen molar-refractivity contribution in [2.75, 3.05) is 5.32 Å². The summed E-state index contributed by atoms with van der Waals surface area (Å²) in [5, 5.41) is 12.5. The Hall–Kier alpha value is -1.98. The maximum atomic E-state index is 14.7. The van der Waals surface area contributed by atoms with E-state index in [0.29, 0.717) is 29.3 Å². The smallest absolute Gasteiger partial charge is 0.303 e. The molecule has 0 heterocycles. The minimum atomic E-state index is -0.895. The van der Waals surface area contributed by atoms with Crippen LogP contribution < -0.4 is 10.1 Å². The summed E-state index contributed by atoms with van der Waals surface area (Å²) in [6, 6.07) is 8.73. The quantitative estimate of drug-likeness (QED) is 0.585. The Balaban J connectivity index is 1.69. The fourth-order valence-electron chi connectivity index (χ4n) is 2.87. The number of carbonyl (C=O) groups is 1. The number of rotatable bonds is 8. The standard InChI is InChI=1S/C20H20Cl2FNO3/c21-15-9-12(7-8-18(25)26)10-16(22)20(15)27-11-13-3-1-6-17(19(13)23)24-14-4-2-5-14/h1,3,6,9-10,14,24H,2,4-5,7-8,11H2,(H,25,26). The van der Waals surface area contributed by atoms with Crippen LogP contribution in [0.4, 0.5) is 10.1 Å². The van der Waals surface area contributed by atoms with Crippen molar-refractivity contribution in [3.8, 4) is 5.75 Å². The molecule has 1 saturated carbocycles. The molecule has 4 nitrogen and oxygen atoms in total. The number of carboxylic acid groups (broad SMARTS) is 1. The van der Waals surface area contributed by atoms with E-state index in [-0.39, 0.29) is 34.6 Å². The maximum Gasteiger partial charge on any atom is 0.303 e.